The van der Waals surface area contributed by atoms with Crippen molar-refractivity contribution in [2.75, 3.05) is 26.3 Å². The van der Waals surface area contributed by atoms with Gasteiger partial charge in [0.25, 0.3) is 0 Å². The van der Waals surface area contributed by atoms with Crippen LogP contribution in [0.1, 0.15) is 43.7 Å². The molecule has 2 aromatic carbocycles. The van der Waals surface area contributed by atoms with Crippen molar-refractivity contribution in [3.05, 3.63) is 52.7 Å². The van der Waals surface area contributed by atoms with Crippen LogP contribution in [0.4, 0.5) is 5.69 Å². The third-order valence-corrected chi connectivity index (χ3v) is 6.09. The molecule has 1 aliphatic carbocycles. The summed E-state index contributed by atoms with van der Waals surface area (Å²) in [6.45, 7) is 4.49. The molecule has 0 aromatic heterocycles. The summed E-state index contributed by atoms with van der Waals surface area (Å²) in [5.41, 5.74) is 4.63. The van der Waals surface area contributed by atoms with Crippen LogP contribution < -0.4 is 24.3 Å². The molecule has 0 fully saturated rings. The quantitative estimate of drug-likeness (QED) is 0.800. The fourth-order valence-electron chi connectivity index (χ4n) is 4.78. The average molecular weight is 407 g/mol. The highest BCUT2D eigenvalue weighted by Crippen LogP contribution is 2.52. The summed E-state index contributed by atoms with van der Waals surface area (Å²) in [5, 5.41) is 3.53. The maximum absolute atomic E-state index is 13.3. The van der Waals surface area contributed by atoms with Crippen molar-refractivity contribution < 1.29 is 23.7 Å². The van der Waals surface area contributed by atoms with Gasteiger partial charge in [0, 0.05) is 35.4 Å². The number of carbonyl (C=O) groups excluding carboxylic acids is 1. The second kappa shape index (κ2) is 6.69. The van der Waals surface area contributed by atoms with Gasteiger partial charge in [-0.2, -0.15) is 0 Å². The molecule has 0 saturated carbocycles. The number of carbonyl (C=O) groups is 1. The Morgan fingerprint density at radius 2 is 1.73 bits per heavy atom. The zero-order valence-electron chi connectivity index (χ0n) is 17.6. The van der Waals surface area contributed by atoms with Gasteiger partial charge in [0.05, 0.1) is 14.2 Å². The molecule has 5 rings (SSSR count). The van der Waals surface area contributed by atoms with Crippen molar-refractivity contribution >= 4 is 11.5 Å². The van der Waals surface area contributed by atoms with E-state index in [2.05, 4.69) is 19.2 Å². The first-order valence-electron chi connectivity index (χ1n) is 10.1. The van der Waals surface area contributed by atoms with Gasteiger partial charge in [-0.15, -0.1) is 0 Å². The van der Waals surface area contributed by atoms with E-state index in [4.69, 9.17) is 18.9 Å². The van der Waals surface area contributed by atoms with Crippen LogP contribution in [-0.4, -0.2) is 26.8 Å². The Kier molecular flexibility index (Phi) is 4.20. The predicted molar refractivity (Wildman–Crippen MR) is 113 cm³/mol. The number of allylic oxidation sites excluding steroid dienone is 2. The van der Waals surface area contributed by atoms with Crippen molar-refractivity contribution in [3.63, 3.8) is 0 Å². The number of ether oxygens (including phenoxy) is 4. The fraction of sp³-hybridized carbons (Fsp3) is 0.375. The summed E-state index contributed by atoms with van der Waals surface area (Å²) < 4.78 is 22.2. The van der Waals surface area contributed by atoms with Gasteiger partial charge >= 0.3 is 0 Å². The molecule has 0 amide bonds. The molecule has 2 aromatic rings. The highest BCUT2D eigenvalue weighted by molar-refractivity contribution is 6.01. The lowest BCUT2D eigenvalue weighted by Gasteiger charge is -2.39. The molecule has 0 radical (unpaired) electrons. The monoisotopic (exact) mass is 407 g/mol. The molecule has 6 nitrogen and oxygen atoms in total. The molecule has 0 spiro atoms. The van der Waals surface area contributed by atoms with E-state index in [1.807, 2.05) is 30.3 Å². The Hall–Kier alpha value is -3.15. The summed E-state index contributed by atoms with van der Waals surface area (Å²) in [4.78, 5) is 13.3. The Labute approximate surface area is 175 Å². The van der Waals surface area contributed by atoms with Crippen LogP contribution in [0.5, 0.6) is 23.0 Å². The molecule has 1 atom stereocenters. The van der Waals surface area contributed by atoms with Crippen molar-refractivity contribution in [1.82, 2.24) is 0 Å². The molecule has 6 heteroatoms. The molecule has 1 N–H and O–H groups in total. The number of hydrogen-bond donors (Lipinski definition) is 1. The smallest absolute Gasteiger partial charge is 0.231 e. The minimum atomic E-state index is -0.214. The number of ketones is 1. The van der Waals surface area contributed by atoms with E-state index in [1.54, 1.807) is 14.2 Å². The molecule has 2 heterocycles. The SMILES string of the molecule is COc1cc2c(cc1OC)[C@H](c1ccc3c(c1)OCO3)C1=C(CC(C)(C)CC1=O)N2. The van der Waals surface area contributed by atoms with Gasteiger partial charge in [-0.1, -0.05) is 19.9 Å². The zero-order valence-corrected chi connectivity index (χ0v) is 17.6. The number of fused-ring (bicyclic) bond motifs is 2. The number of nitrogens with one attached hydrogen (secondary N) is 1. The van der Waals surface area contributed by atoms with Crippen LogP contribution >= 0.6 is 0 Å². The lowest BCUT2D eigenvalue weighted by molar-refractivity contribution is -0.118. The topological polar surface area (TPSA) is 66.0 Å². The Bertz CT molecular complexity index is 1090. The minimum absolute atomic E-state index is 0.0869. The lowest BCUT2D eigenvalue weighted by atomic mass is 9.68. The molecule has 0 unspecified atom stereocenters. The third kappa shape index (κ3) is 2.90. The van der Waals surface area contributed by atoms with E-state index >= 15 is 0 Å². The van der Waals surface area contributed by atoms with Gasteiger partial charge in [-0.05, 0) is 41.2 Å². The Morgan fingerprint density at radius 1 is 1.00 bits per heavy atom. The summed E-state index contributed by atoms with van der Waals surface area (Å²) >= 11 is 0. The maximum atomic E-state index is 13.3. The van der Waals surface area contributed by atoms with Gasteiger partial charge in [0.2, 0.25) is 6.79 Å². The van der Waals surface area contributed by atoms with E-state index < -0.39 is 0 Å². The van der Waals surface area contributed by atoms with E-state index in [0.717, 1.165) is 40.3 Å². The van der Waals surface area contributed by atoms with Gasteiger partial charge in [-0.3, -0.25) is 4.79 Å². The van der Waals surface area contributed by atoms with E-state index in [1.165, 1.54) is 0 Å². The van der Waals surface area contributed by atoms with Crippen LogP contribution in [0.2, 0.25) is 0 Å². The molecule has 156 valence electrons. The van der Waals surface area contributed by atoms with Gasteiger partial charge in [0.1, 0.15) is 0 Å². The second-order valence-corrected chi connectivity index (χ2v) is 8.80. The standard InChI is InChI=1S/C24H25NO5/c1-24(2)10-16-23(17(26)11-24)22(13-5-6-18-21(7-13)30-12-29-18)14-8-19(27-3)20(28-4)9-15(14)25-16/h5-9,22,25H,10-12H2,1-4H3/t22-/m0/s1. The molecule has 3 aliphatic rings. The number of Topliss-reactive ketones (excluding diaryl/α,β-unsaturated/α-hetero) is 1. The summed E-state index contributed by atoms with van der Waals surface area (Å²) in [6, 6.07) is 9.83. The van der Waals surface area contributed by atoms with Gasteiger partial charge < -0.3 is 24.3 Å². The van der Waals surface area contributed by atoms with Crippen LogP contribution in [0.3, 0.4) is 0 Å². The fourth-order valence-corrected chi connectivity index (χ4v) is 4.78. The number of benzene rings is 2. The van der Waals surface area contributed by atoms with Gasteiger partial charge in [-0.25, -0.2) is 0 Å². The van der Waals surface area contributed by atoms with Crippen molar-refractivity contribution in [2.24, 2.45) is 5.41 Å². The summed E-state index contributed by atoms with van der Waals surface area (Å²) in [7, 11) is 3.25. The molecule has 2 aliphatic heterocycles. The first kappa shape index (κ1) is 18.9. The zero-order chi connectivity index (χ0) is 21.0. The van der Waals surface area contributed by atoms with Crippen LogP contribution in [-0.2, 0) is 4.79 Å². The van der Waals surface area contributed by atoms with Crippen LogP contribution in [0.15, 0.2) is 41.6 Å². The predicted octanol–water partition coefficient (Wildman–Crippen LogP) is 4.63. The summed E-state index contributed by atoms with van der Waals surface area (Å²) in [5.74, 6) is 2.69. The largest absolute Gasteiger partial charge is 0.493 e. The first-order valence-corrected chi connectivity index (χ1v) is 10.1. The maximum Gasteiger partial charge on any atom is 0.231 e. The van der Waals surface area contributed by atoms with Crippen molar-refractivity contribution in [1.29, 1.82) is 0 Å². The minimum Gasteiger partial charge on any atom is -0.493 e. The number of anilines is 1. The Morgan fingerprint density at radius 3 is 2.50 bits per heavy atom. The van der Waals surface area contributed by atoms with Crippen molar-refractivity contribution in [2.45, 2.75) is 32.6 Å². The number of rotatable bonds is 3. The lowest BCUT2D eigenvalue weighted by Crippen LogP contribution is -2.33. The van der Waals surface area contributed by atoms with Crippen LogP contribution in [0.25, 0.3) is 0 Å². The molecule has 30 heavy (non-hydrogen) atoms. The Balaban J connectivity index is 1.73. The summed E-state index contributed by atoms with van der Waals surface area (Å²) in [6.07, 6.45) is 1.33. The van der Waals surface area contributed by atoms with E-state index in [0.29, 0.717) is 23.7 Å². The molecular weight excluding hydrogens is 382 g/mol. The molecule has 0 bridgehead atoms. The normalized spacial score (nSPS) is 20.9. The highest BCUT2D eigenvalue weighted by atomic mass is 16.7. The number of methoxy groups -OCH3 is 2. The molecule has 0 saturated heterocycles. The second-order valence-electron chi connectivity index (χ2n) is 8.80. The molecular formula is C24H25NO5. The first-order chi connectivity index (χ1) is 14.4. The van der Waals surface area contributed by atoms with Crippen molar-refractivity contribution in [3.8, 4) is 23.0 Å². The van der Waals surface area contributed by atoms with Gasteiger partial charge in [0.15, 0.2) is 28.8 Å². The number of hydrogen-bond acceptors (Lipinski definition) is 6. The van der Waals surface area contributed by atoms with E-state index in [-0.39, 0.29) is 23.9 Å². The van der Waals surface area contributed by atoms with E-state index in [9.17, 15) is 4.79 Å². The third-order valence-electron chi connectivity index (χ3n) is 6.09. The highest BCUT2D eigenvalue weighted by Gasteiger charge is 2.41. The van der Waals surface area contributed by atoms with Crippen LogP contribution in [0, 0.1) is 5.41 Å². The average Bonchev–Trinajstić information content (AvgIpc) is 3.18.